The van der Waals surface area contributed by atoms with Gasteiger partial charge in [-0.25, -0.2) is 4.57 Å². The van der Waals surface area contributed by atoms with E-state index >= 15 is 4.57 Å². The van der Waals surface area contributed by atoms with Crippen LogP contribution in [-0.4, -0.2) is 170 Å². The number of benzene rings is 8. The molecule has 1 aliphatic carbocycles. The van der Waals surface area contributed by atoms with E-state index in [1.807, 2.05) is 243 Å². The van der Waals surface area contributed by atoms with Crippen LogP contribution in [0.2, 0.25) is 22.2 Å². The van der Waals surface area contributed by atoms with Crippen LogP contribution in [0.1, 0.15) is 99.9 Å². The zero-order valence-corrected chi connectivity index (χ0v) is 70.1. The van der Waals surface area contributed by atoms with Crippen LogP contribution in [-0.2, 0) is 141 Å². The molecule has 8 aromatic carbocycles. The van der Waals surface area contributed by atoms with Crippen LogP contribution in [0, 0.1) is 0 Å². The Morgan fingerprint density at radius 3 is 0.965 bits per heavy atom. The lowest BCUT2D eigenvalue weighted by Crippen LogP contribution is -2.71. The third-order valence-corrected chi connectivity index (χ3v) is 33.2. The summed E-state index contributed by atoms with van der Waals surface area (Å²) < 4.78 is 147. The Morgan fingerprint density at radius 2 is 0.661 bits per heavy atom. The van der Waals surface area contributed by atoms with Crippen molar-refractivity contribution in [2.75, 3.05) is 33.5 Å². The molecule has 8 aromatic rings. The number of fused-ring (bicyclic) bond motifs is 1. The molecule has 18 atom stereocenters. The zero-order valence-electron chi connectivity index (χ0n) is 67.2. The second-order valence-electron chi connectivity index (χ2n) is 31.0. The summed E-state index contributed by atoms with van der Waals surface area (Å²) in [6.45, 7) is 15.7. The van der Waals surface area contributed by atoms with Crippen LogP contribution in [0.4, 0.5) is 0 Å². The largest absolute Gasteiger partial charge is 0.475 e. The third kappa shape index (κ3) is 23.2. The van der Waals surface area contributed by atoms with Gasteiger partial charge in [-0.2, -0.15) is 0 Å². The van der Waals surface area contributed by atoms with Gasteiger partial charge < -0.3 is 85.1 Å². The number of phosphoric acid groups is 1. The average Bonchev–Trinajstić information content (AvgIpc) is 1.63. The molecule has 620 valence electrons. The fourth-order valence-corrected chi connectivity index (χ4v) is 27.9. The molecule has 1 saturated carbocycles. The Bertz CT molecular complexity index is 4110. The summed E-state index contributed by atoms with van der Waals surface area (Å²) in [7, 11) is -11.5. The smallest absolute Gasteiger partial charge is 0.414 e. The summed E-state index contributed by atoms with van der Waals surface area (Å²) >= 11 is 0. The van der Waals surface area contributed by atoms with Crippen LogP contribution >= 0.6 is 7.82 Å². The highest BCUT2D eigenvalue weighted by Crippen LogP contribution is 2.56. The molecule has 3 saturated heterocycles. The lowest BCUT2D eigenvalue weighted by molar-refractivity contribution is -0.372. The molecule has 0 bridgehead atoms. The van der Waals surface area contributed by atoms with Crippen LogP contribution < -0.4 is 0 Å². The van der Waals surface area contributed by atoms with Crippen molar-refractivity contribution in [2.45, 2.75) is 235 Å². The molecule has 4 fully saturated rings. The summed E-state index contributed by atoms with van der Waals surface area (Å²) in [6, 6.07) is 78.0. The molecule has 22 nitrogen and oxygen atoms in total. The van der Waals surface area contributed by atoms with Crippen molar-refractivity contribution >= 4 is 24.9 Å². The minimum Gasteiger partial charge on any atom is -0.414 e. The molecule has 0 spiro atoms. The topological polar surface area (TPSA) is 244 Å². The van der Waals surface area contributed by atoms with E-state index in [1.54, 1.807) is 0 Å². The summed E-state index contributed by atoms with van der Waals surface area (Å²) in [5, 5.41) is 35.9. The van der Waals surface area contributed by atoms with E-state index < -0.39 is 142 Å². The van der Waals surface area contributed by atoms with Gasteiger partial charge in [0.05, 0.1) is 79.3 Å². The van der Waals surface area contributed by atoms with E-state index in [0.29, 0.717) is 0 Å². The van der Waals surface area contributed by atoms with Crippen LogP contribution in [0.25, 0.3) is 0 Å². The van der Waals surface area contributed by atoms with Gasteiger partial charge in [-0.05, 0) is 66.7 Å². The molecule has 0 unspecified atom stereocenters. The predicted octanol–water partition coefficient (Wildman–Crippen LogP) is 15.4. The molecule has 12 rings (SSSR count). The molecule has 0 radical (unpaired) electrons. The van der Waals surface area contributed by atoms with Gasteiger partial charge in [0.15, 0.2) is 12.6 Å². The van der Waals surface area contributed by atoms with E-state index in [0.717, 1.165) is 51.6 Å². The van der Waals surface area contributed by atoms with Crippen molar-refractivity contribution in [1.82, 2.24) is 0 Å². The molecule has 25 heteroatoms. The summed E-state index contributed by atoms with van der Waals surface area (Å²) in [5.74, 6) is 0. The fraction of sp³-hybridized carbons (Fsp3) is 0.467. The summed E-state index contributed by atoms with van der Waals surface area (Å²) in [5.41, 5.74) is 5.74. The predicted molar refractivity (Wildman–Crippen MR) is 437 cm³/mol. The lowest BCUT2D eigenvalue weighted by Gasteiger charge is -2.53. The van der Waals surface area contributed by atoms with Crippen molar-refractivity contribution in [2.24, 2.45) is 0 Å². The van der Waals surface area contributed by atoms with Crippen molar-refractivity contribution in [1.29, 1.82) is 0 Å². The number of hydrogen-bond donors (Lipinski definition) is 3. The highest BCUT2D eigenvalue weighted by atomic mass is 31.2. The molecular weight excluding hydrogens is 1520 g/mol. The normalized spacial score (nSPS) is 27.0. The number of aliphatic hydroxyl groups is 3. The van der Waals surface area contributed by atoms with Crippen LogP contribution in [0.3, 0.4) is 0 Å². The molecule has 3 heterocycles. The Labute approximate surface area is 679 Å². The second-order valence-corrected chi connectivity index (χ2v) is 41.5. The Morgan fingerprint density at radius 1 is 0.374 bits per heavy atom. The van der Waals surface area contributed by atoms with Crippen molar-refractivity contribution in [3.8, 4) is 0 Å². The van der Waals surface area contributed by atoms with Crippen molar-refractivity contribution < 1.29 is 103 Å². The second kappa shape index (κ2) is 43.0. The van der Waals surface area contributed by atoms with E-state index in [-0.39, 0.29) is 88.2 Å². The van der Waals surface area contributed by atoms with Crippen LogP contribution in [0.15, 0.2) is 243 Å². The monoisotopic (exact) mass is 1630 g/mol. The van der Waals surface area contributed by atoms with Crippen molar-refractivity contribution in [3.63, 3.8) is 0 Å². The molecule has 3 N–H and O–H groups in total. The minimum absolute atomic E-state index is 0.00449. The first kappa shape index (κ1) is 87.9. The molecular formula is C90H115O22PSi2. The first-order chi connectivity index (χ1) is 55.9. The van der Waals surface area contributed by atoms with Gasteiger partial charge in [0.1, 0.15) is 91.6 Å². The summed E-state index contributed by atoms with van der Waals surface area (Å²) in [6.07, 6.45) is -23.4. The standard InChI is InChI=1S/C90H115O22PSi2/c1-62(2)114(63(3)4)110-81-77(93)80(107-89-87(102-57-72-46-30-16-31-47-72)82(100-55-70-42-26-14-27-43-70)78(98-53-68-38-22-12-23-39-68)75(105-89)60-96-51-66-34-18-10-19-35-66)85(109-113(94,95-9)104-59-74(92)50-91)84(86(81)111-115(112-114,64(5)6)65(7)8)108-90-88(103-58-73-48-32-17-33-49-73)83(101-56-71-44-28-15-29-45-71)79(99-54-69-40-24-13-25-41-69)76(106-90)61-97-52-67-36-20-11-21-37-67/h10-49,62-65,74-93H,50-61H2,1-9H3/t74-,75-,76-,77-,78-,79-,80-,81+,82+,83+,84+,85+,86-,87+,88+,89-,90-,113+/m1/s1. The van der Waals surface area contributed by atoms with Gasteiger partial charge in [-0.15, -0.1) is 0 Å². The quantitative estimate of drug-likeness (QED) is 0.0238. The van der Waals surface area contributed by atoms with Gasteiger partial charge in [-0.3, -0.25) is 13.6 Å². The number of phosphoric ester groups is 1. The first-order valence-electron chi connectivity index (χ1n) is 40.2. The highest BCUT2D eigenvalue weighted by Gasteiger charge is 2.68. The number of ether oxygens (including phenoxy) is 12. The van der Waals surface area contributed by atoms with Gasteiger partial charge in [0, 0.05) is 7.11 Å². The van der Waals surface area contributed by atoms with E-state index in [9.17, 15) is 15.3 Å². The van der Waals surface area contributed by atoms with E-state index in [4.69, 9.17) is 83.4 Å². The van der Waals surface area contributed by atoms with E-state index in [1.165, 1.54) is 0 Å². The third-order valence-electron chi connectivity index (χ3n) is 21.5. The van der Waals surface area contributed by atoms with E-state index in [2.05, 4.69) is 55.4 Å². The molecule has 0 aromatic heterocycles. The first-order valence-corrected chi connectivity index (χ1v) is 45.6. The zero-order chi connectivity index (χ0) is 80.7. The highest BCUT2D eigenvalue weighted by molar-refractivity contribution is 7.48. The molecule has 0 amide bonds. The molecule has 4 aliphatic rings. The number of hydrogen-bond acceptors (Lipinski definition) is 22. The van der Waals surface area contributed by atoms with Crippen LogP contribution in [0.5, 0.6) is 0 Å². The Kier molecular flexibility index (Phi) is 32.9. The van der Waals surface area contributed by atoms with Gasteiger partial charge in [0.2, 0.25) is 0 Å². The van der Waals surface area contributed by atoms with Gasteiger partial charge >= 0.3 is 24.9 Å². The Balaban J connectivity index is 1.07. The molecule has 115 heavy (non-hydrogen) atoms. The average molecular weight is 1640 g/mol. The lowest BCUT2D eigenvalue weighted by atomic mass is 9.84. The minimum atomic E-state index is -5.11. The Hall–Kier alpha value is -6.42. The summed E-state index contributed by atoms with van der Waals surface area (Å²) in [4.78, 5) is 0. The SMILES string of the molecule is CO[P@@](=O)(OC[C@H](O)CO)O[C@@H]1[C@H](O[C@H]2O[C@H](COCc3ccccc3)[C@@H](OCc3ccccc3)[C@H](OCc3ccccc3)[C@@H]2OCc2ccccc2)[C@@H]2O[Si](C(C)C)(C(C)C)O[Si](C(C)C)(C(C)C)O[C@H]2[C@H](O)[C@H]1O[C@H]1O[C@H](COCc2ccccc2)[C@@H](OCc2ccccc2)[C@H](OCc2ccccc2)[C@@H]1OCc1ccccc1. The van der Waals surface area contributed by atoms with Gasteiger partial charge in [-0.1, -0.05) is 298 Å². The molecule has 3 aliphatic heterocycles. The maximum Gasteiger partial charge on any atom is 0.475 e. The number of aliphatic hydroxyl groups excluding tert-OH is 3. The maximum atomic E-state index is 16.2. The fourth-order valence-electron chi connectivity index (χ4n) is 15.4. The maximum absolute atomic E-state index is 16.2. The van der Waals surface area contributed by atoms with Crippen molar-refractivity contribution in [3.05, 3.63) is 287 Å². The number of rotatable bonds is 41. The van der Waals surface area contributed by atoms with Gasteiger partial charge in [0.25, 0.3) is 0 Å².